The number of anilines is 2. The molecule has 2 heterocycles. The van der Waals surface area contributed by atoms with Crippen molar-refractivity contribution in [2.45, 2.75) is 27.2 Å². The van der Waals surface area contributed by atoms with Crippen LogP contribution in [0.3, 0.4) is 0 Å². The molecule has 0 aliphatic carbocycles. The SMILES string of the molecule is CCC.Cc1ccc(O)cc1-n1c(N)c(C(N)=O)c2ncc(-c3cccc(N)c3)nc21. The number of aryl methyl sites for hydroxylation is 1. The molecular weight excluding hydrogens is 392 g/mol. The molecule has 0 aliphatic heterocycles. The molecule has 0 aliphatic rings. The summed E-state index contributed by atoms with van der Waals surface area (Å²) in [5.74, 6) is -0.534. The van der Waals surface area contributed by atoms with Gasteiger partial charge in [0, 0.05) is 17.3 Å². The Bertz CT molecular complexity index is 1260. The molecule has 7 N–H and O–H groups in total. The Kier molecular flexibility index (Phi) is 6.10. The number of nitrogens with two attached hydrogens (primary N) is 3. The van der Waals surface area contributed by atoms with Gasteiger partial charge in [-0.25, -0.2) is 9.97 Å². The van der Waals surface area contributed by atoms with Crippen molar-refractivity contribution in [3.05, 3.63) is 59.8 Å². The fourth-order valence-corrected chi connectivity index (χ4v) is 3.22. The summed E-state index contributed by atoms with van der Waals surface area (Å²) in [7, 11) is 0. The van der Waals surface area contributed by atoms with Crippen molar-refractivity contribution < 1.29 is 9.90 Å². The van der Waals surface area contributed by atoms with E-state index in [2.05, 4.69) is 23.8 Å². The maximum atomic E-state index is 12.0. The number of aromatic hydroxyl groups is 1. The summed E-state index contributed by atoms with van der Waals surface area (Å²) in [4.78, 5) is 21.1. The van der Waals surface area contributed by atoms with Gasteiger partial charge in [0.15, 0.2) is 5.65 Å². The third kappa shape index (κ3) is 4.13. The van der Waals surface area contributed by atoms with Crippen molar-refractivity contribution in [1.82, 2.24) is 14.5 Å². The molecule has 160 valence electrons. The Morgan fingerprint density at radius 3 is 2.48 bits per heavy atom. The van der Waals surface area contributed by atoms with Crippen molar-refractivity contribution in [1.29, 1.82) is 0 Å². The van der Waals surface area contributed by atoms with Gasteiger partial charge in [-0.1, -0.05) is 38.5 Å². The summed E-state index contributed by atoms with van der Waals surface area (Å²) in [5, 5.41) is 9.95. The van der Waals surface area contributed by atoms with Gasteiger partial charge in [0.25, 0.3) is 5.91 Å². The van der Waals surface area contributed by atoms with Crippen molar-refractivity contribution in [2.24, 2.45) is 5.73 Å². The molecule has 0 spiro atoms. The fourth-order valence-electron chi connectivity index (χ4n) is 3.22. The summed E-state index contributed by atoms with van der Waals surface area (Å²) in [5.41, 5.74) is 21.7. The molecule has 1 amide bonds. The van der Waals surface area contributed by atoms with E-state index in [0.717, 1.165) is 11.1 Å². The minimum Gasteiger partial charge on any atom is -0.508 e. The molecule has 8 nitrogen and oxygen atoms in total. The molecule has 0 radical (unpaired) electrons. The van der Waals surface area contributed by atoms with Gasteiger partial charge >= 0.3 is 0 Å². The van der Waals surface area contributed by atoms with Crippen molar-refractivity contribution in [2.75, 3.05) is 11.5 Å². The maximum Gasteiger partial charge on any atom is 0.254 e. The number of hydrogen-bond donors (Lipinski definition) is 4. The second kappa shape index (κ2) is 8.74. The van der Waals surface area contributed by atoms with Crippen LogP contribution in [0, 0.1) is 6.92 Å². The highest BCUT2D eigenvalue weighted by Crippen LogP contribution is 2.33. The van der Waals surface area contributed by atoms with E-state index in [0.29, 0.717) is 28.2 Å². The lowest BCUT2D eigenvalue weighted by Gasteiger charge is -2.11. The Hall–Kier alpha value is -4.07. The molecule has 4 rings (SSSR count). The third-order valence-corrected chi connectivity index (χ3v) is 4.56. The van der Waals surface area contributed by atoms with Crippen LogP contribution < -0.4 is 17.2 Å². The van der Waals surface area contributed by atoms with Crippen LogP contribution in [0.2, 0.25) is 0 Å². The predicted octanol–water partition coefficient (Wildman–Crippen LogP) is 3.78. The van der Waals surface area contributed by atoms with E-state index in [1.54, 1.807) is 41.1 Å². The van der Waals surface area contributed by atoms with Crippen LogP contribution in [0.1, 0.15) is 36.2 Å². The minimum absolute atomic E-state index is 0.0578. The molecule has 0 saturated carbocycles. The Balaban J connectivity index is 0.000000858. The highest BCUT2D eigenvalue weighted by atomic mass is 16.3. The van der Waals surface area contributed by atoms with E-state index in [-0.39, 0.29) is 17.1 Å². The Morgan fingerprint density at radius 1 is 1.13 bits per heavy atom. The van der Waals surface area contributed by atoms with E-state index in [1.807, 2.05) is 19.1 Å². The number of aromatic nitrogens is 3. The zero-order valence-corrected chi connectivity index (χ0v) is 17.8. The number of amides is 1. The van der Waals surface area contributed by atoms with Crippen molar-refractivity contribution >= 4 is 28.6 Å². The average molecular weight is 419 g/mol. The molecule has 2 aromatic heterocycles. The highest BCUT2D eigenvalue weighted by Gasteiger charge is 2.24. The summed E-state index contributed by atoms with van der Waals surface area (Å²) >= 11 is 0. The van der Waals surface area contributed by atoms with Crippen LogP contribution in [-0.2, 0) is 0 Å². The fraction of sp³-hybridized carbons (Fsp3) is 0.174. The summed E-state index contributed by atoms with van der Waals surface area (Å²) < 4.78 is 1.58. The molecule has 0 unspecified atom stereocenters. The lowest BCUT2D eigenvalue weighted by molar-refractivity contribution is 0.100. The minimum atomic E-state index is -0.704. The number of primary amides is 1. The smallest absolute Gasteiger partial charge is 0.254 e. The average Bonchev–Trinajstić information content (AvgIpc) is 3.01. The van der Waals surface area contributed by atoms with Gasteiger partial charge in [0.1, 0.15) is 22.6 Å². The molecule has 8 heteroatoms. The molecular formula is C23H26N6O2. The predicted molar refractivity (Wildman–Crippen MR) is 124 cm³/mol. The number of hydrogen-bond acceptors (Lipinski definition) is 6. The summed E-state index contributed by atoms with van der Waals surface area (Å²) in [6.45, 7) is 6.11. The van der Waals surface area contributed by atoms with E-state index >= 15 is 0 Å². The first kappa shape index (κ1) is 21.6. The first-order chi connectivity index (χ1) is 14.8. The van der Waals surface area contributed by atoms with E-state index in [4.69, 9.17) is 17.2 Å². The largest absolute Gasteiger partial charge is 0.508 e. The second-order valence-electron chi connectivity index (χ2n) is 7.19. The number of phenolic OH excluding ortho intramolecular Hbond substituents is 1. The van der Waals surface area contributed by atoms with Gasteiger partial charge in [0.2, 0.25) is 0 Å². The zero-order chi connectivity index (χ0) is 22.7. The van der Waals surface area contributed by atoms with Crippen LogP contribution in [0.4, 0.5) is 11.5 Å². The van der Waals surface area contributed by atoms with E-state index in [9.17, 15) is 9.90 Å². The maximum absolute atomic E-state index is 12.0. The Morgan fingerprint density at radius 2 is 1.84 bits per heavy atom. The summed E-state index contributed by atoms with van der Waals surface area (Å²) in [6.07, 6.45) is 2.79. The van der Waals surface area contributed by atoms with E-state index < -0.39 is 5.91 Å². The van der Waals surface area contributed by atoms with Crippen LogP contribution in [0.5, 0.6) is 5.75 Å². The van der Waals surface area contributed by atoms with Gasteiger partial charge in [-0.3, -0.25) is 9.36 Å². The Labute approximate surface area is 180 Å². The van der Waals surface area contributed by atoms with Crippen molar-refractivity contribution in [3.63, 3.8) is 0 Å². The number of phenols is 1. The first-order valence-electron chi connectivity index (χ1n) is 9.91. The van der Waals surface area contributed by atoms with Gasteiger partial charge in [-0.05, 0) is 30.7 Å². The van der Waals surface area contributed by atoms with Crippen molar-refractivity contribution in [3.8, 4) is 22.7 Å². The van der Waals surface area contributed by atoms with E-state index in [1.165, 1.54) is 6.42 Å². The first-order valence-corrected chi connectivity index (χ1v) is 9.91. The normalized spacial score (nSPS) is 10.5. The number of benzene rings is 2. The van der Waals surface area contributed by atoms with Gasteiger partial charge < -0.3 is 22.3 Å². The van der Waals surface area contributed by atoms with Crippen LogP contribution >= 0.6 is 0 Å². The van der Waals surface area contributed by atoms with Crippen LogP contribution in [0.15, 0.2) is 48.7 Å². The number of carbonyl (C=O) groups excluding carboxylic acids is 1. The molecule has 0 fully saturated rings. The number of nitrogens with zero attached hydrogens (tertiary/aromatic N) is 3. The molecule has 0 bridgehead atoms. The number of nitrogen functional groups attached to an aromatic ring is 2. The number of carbonyl (C=O) groups is 1. The quantitative estimate of drug-likeness (QED) is 0.372. The van der Waals surface area contributed by atoms with Gasteiger partial charge in [0.05, 0.1) is 17.6 Å². The standard InChI is InChI=1S/C20H18N6O2.C3H8/c1-10-5-6-13(27)8-15(10)26-18(22)16(19(23)28)17-20(26)25-14(9-24-17)11-3-2-4-12(21)7-11;1-3-2/h2-9,27H,21-22H2,1H3,(H2,23,28);3H2,1-2H3. The molecule has 0 atom stereocenters. The van der Waals surface area contributed by atoms with Gasteiger partial charge in [-0.2, -0.15) is 0 Å². The zero-order valence-electron chi connectivity index (χ0n) is 17.8. The summed E-state index contributed by atoms with van der Waals surface area (Å²) in [6, 6.07) is 12.1. The second-order valence-corrected chi connectivity index (χ2v) is 7.19. The number of rotatable bonds is 3. The lowest BCUT2D eigenvalue weighted by atomic mass is 10.1. The van der Waals surface area contributed by atoms with Gasteiger partial charge in [-0.15, -0.1) is 0 Å². The molecule has 4 aromatic rings. The molecule has 2 aromatic carbocycles. The molecule has 0 saturated heterocycles. The van der Waals surface area contributed by atoms with Crippen LogP contribution in [0.25, 0.3) is 28.1 Å². The topological polar surface area (TPSA) is 146 Å². The molecule has 31 heavy (non-hydrogen) atoms. The third-order valence-electron chi connectivity index (χ3n) is 4.56. The number of fused-ring (bicyclic) bond motifs is 1. The monoisotopic (exact) mass is 418 g/mol. The van der Waals surface area contributed by atoms with Crippen LogP contribution in [-0.4, -0.2) is 25.5 Å². The lowest BCUT2D eigenvalue weighted by Crippen LogP contribution is -2.14. The highest BCUT2D eigenvalue weighted by molar-refractivity contribution is 6.09.